The van der Waals surface area contributed by atoms with Crippen LogP contribution in [-0.4, -0.2) is 12.0 Å². The molecule has 3 nitrogen and oxygen atoms in total. The number of benzene rings is 2. The van der Waals surface area contributed by atoms with E-state index in [0.29, 0.717) is 22.3 Å². The van der Waals surface area contributed by atoms with Gasteiger partial charge in [0.1, 0.15) is 5.75 Å². The summed E-state index contributed by atoms with van der Waals surface area (Å²) in [6.07, 6.45) is -0.603. The summed E-state index contributed by atoms with van der Waals surface area (Å²) in [5.41, 5.74) is 0.867. The maximum absolute atomic E-state index is 12.0. The van der Waals surface area contributed by atoms with Crippen LogP contribution in [0.2, 0.25) is 10.0 Å². The number of ether oxygens (including phenoxy) is 1. The molecule has 0 aliphatic heterocycles. The second kappa shape index (κ2) is 7.34. The van der Waals surface area contributed by atoms with E-state index in [1.807, 2.05) is 18.2 Å². The van der Waals surface area contributed by atoms with Crippen LogP contribution in [0.3, 0.4) is 0 Å². The van der Waals surface area contributed by atoms with Gasteiger partial charge in [0.05, 0.1) is 0 Å². The lowest BCUT2D eigenvalue weighted by atomic mass is 10.2. The Morgan fingerprint density at radius 3 is 2.48 bits per heavy atom. The Morgan fingerprint density at radius 2 is 1.81 bits per heavy atom. The summed E-state index contributed by atoms with van der Waals surface area (Å²) in [5, 5.41) is 4.05. The quantitative estimate of drug-likeness (QED) is 0.900. The van der Waals surface area contributed by atoms with Crippen LogP contribution < -0.4 is 10.1 Å². The first-order valence-electron chi connectivity index (χ1n) is 6.49. The van der Waals surface area contributed by atoms with E-state index in [9.17, 15) is 4.79 Å². The summed E-state index contributed by atoms with van der Waals surface area (Å²) in [5.74, 6) is 0.393. The van der Waals surface area contributed by atoms with Crippen molar-refractivity contribution in [1.29, 1.82) is 0 Å². The van der Waals surface area contributed by atoms with Crippen LogP contribution in [0, 0.1) is 0 Å². The zero-order valence-corrected chi connectivity index (χ0v) is 13.0. The lowest BCUT2D eigenvalue weighted by Gasteiger charge is -2.15. The first-order valence-corrected chi connectivity index (χ1v) is 7.25. The molecule has 5 heteroatoms. The largest absolute Gasteiger partial charge is 0.481 e. The SMILES string of the molecule is CC(Oc1ccc(Cl)cc1)C(=O)NCc1ccccc1Cl. The van der Waals surface area contributed by atoms with Crippen LogP contribution >= 0.6 is 23.2 Å². The van der Waals surface area contributed by atoms with Gasteiger partial charge in [0, 0.05) is 16.6 Å². The fourth-order valence-corrected chi connectivity index (χ4v) is 2.07. The van der Waals surface area contributed by atoms with E-state index >= 15 is 0 Å². The third kappa shape index (κ3) is 4.66. The number of rotatable bonds is 5. The monoisotopic (exact) mass is 323 g/mol. The van der Waals surface area contributed by atoms with E-state index in [2.05, 4.69) is 5.32 Å². The van der Waals surface area contributed by atoms with Crippen molar-refractivity contribution in [3.8, 4) is 5.75 Å². The third-order valence-corrected chi connectivity index (χ3v) is 3.53. The molecule has 0 bridgehead atoms. The van der Waals surface area contributed by atoms with Crippen LogP contribution in [0.5, 0.6) is 5.75 Å². The zero-order valence-electron chi connectivity index (χ0n) is 11.5. The zero-order chi connectivity index (χ0) is 15.2. The smallest absolute Gasteiger partial charge is 0.261 e. The minimum absolute atomic E-state index is 0.204. The Morgan fingerprint density at radius 1 is 1.14 bits per heavy atom. The van der Waals surface area contributed by atoms with Gasteiger partial charge >= 0.3 is 0 Å². The van der Waals surface area contributed by atoms with Gasteiger partial charge in [-0.3, -0.25) is 4.79 Å². The number of halogens is 2. The fraction of sp³-hybridized carbons (Fsp3) is 0.188. The van der Waals surface area contributed by atoms with Crippen LogP contribution in [0.15, 0.2) is 48.5 Å². The lowest BCUT2D eigenvalue weighted by molar-refractivity contribution is -0.127. The molecular formula is C16H15Cl2NO2. The van der Waals surface area contributed by atoms with Gasteiger partial charge in [-0.2, -0.15) is 0 Å². The van der Waals surface area contributed by atoms with Crippen molar-refractivity contribution in [1.82, 2.24) is 5.32 Å². The molecule has 0 fully saturated rings. The fourth-order valence-electron chi connectivity index (χ4n) is 1.74. The maximum atomic E-state index is 12.0. The van der Waals surface area contributed by atoms with E-state index in [0.717, 1.165) is 5.56 Å². The molecule has 0 heterocycles. The molecule has 110 valence electrons. The Labute approximate surface area is 133 Å². The molecule has 0 radical (unpaired) electrons. The van der Waals surface area contributed by atoms with Crippen molar-refractivity contribution in [2.45, 2.75) is 19.6 Å². The van der Waals surface area contributed by atoms with Gasteiger partial charge in [-0.05, 0) is 42.8 Å². The van der Waals surface area contributed by atoms with E-state index in [1.54, 1.807) is 37.3 Å². The van der Waals surface area contributed by atoms with Gasteiger partial charge in [0.2, 0.25) is 0 Å². The average Bonchev–Trinajstić information content (AvgIpc) is 2.48. The van der Waals surface area contributed by atoms with Crippen molar-refractivity contribution >= 4 is 29.1 Å². The molecule has 2 aromatic rings. The number of carbonyl (C=O) groups is 1. The van der Waals surface area contributed by atoms with Crippen LogP contribution in [0.4, 0.5) is 0 Å². The number of hydrogen-bond donors (Lipinski definition) is 1. The second-order valence-corrected chi connectivity index (χ2v) is 5.37. The molecule has 0 aromatic heterocycles. The molecule has 0 aliphatic rings. The van der Waals surface area contributed by atoms with Crippen LogP contribution in [0.25, 0.3) is 0 Å². The first kappa shape index (κ1) is 15.7. The van der Waals surface area contributed by atoms with Gasteiger partial charge < -0.3 is 10.1 Å². The minimum atomic E-state index is -0.603. The molecule has 0 spiro atoms. The molecule has 0 aliphatic carbocycles. The molecule has 0 saturated heterocycles. The summed E-state index contributed by atoms with van der Waals surface area (Å²) < 4.78 is 5.55. The van der Waals surface area contributed by atoms with E-state index < -0.39 is 6.10 Å². The van der Waals surface area contributed by atoms with E-state index in [-0.39, 0.29) is 5.91 Å². The maximum Gasteiger partial charge on any atom is 0.261 e. The topological polar surface area (TPSA) is 38.3 Å². The first-order chi connectivity index (χ1) is 10.1. The summed E-state index contributed by atoms with van der Waals surface area (Å²) in [6, 6.07) is 14.3. The number of amides is 1. The molecule has 21 heavy (non-hydrogen) atoms. The Hall–Kier alpha value is -1.71. The molecule has 1 N–H and O–H groups in total. The number of carbonyl (C=O) groups excluding carboxylic acids is 1. The van der Waals surface area contributed by atoms with Crippen molar-refractivity contribution in [2.75, 3.05) is 0 Å². The van der Waals surface area contributed by atoms with Crippen molar-refractivity contribution in [3.05, 3.63) is 64.1 Å². The predicted octanol–water partition coefficient (Wildman–Crippen LogP) is 4.08. The molecule has 1 unspecified atom stereocenters. The van der Waals surface area contributed by atoms with E-state index in [4.69, 9.17) is 27.9 Å². The number of hydrogen-bond acceptors (Lipinski definition) is 2. The summed E-state index contributed by atoms with van der Waals surface area (Å²) in [7, 11) is 0. The summed E-state index contributed by atoms with van der Waals surface area (Å²) in [4.78, 5) is 12.0. The van der Waals surface area contributed by atoms with Crippen molar-refractivity contribution in [3.63, 3.8) is 0 Å². The van der Waals surface area contributed by atoms with E-state index in [1.165, 1.54) is 0 Å². The van der Waals surface area contributed by atoms with Crippen molar-refractivity contribution in [2.24, 2.45) is 0 Å². The Balaban J connectivity index is 1.88. The molecule has 2 rings (SSSR count). The highest BCUT2D eigenvalue weighted by Crippen LogP contribution is 2.17. The van der Waals surface area contributed by atoms with Crippen molar-refractivity contribution < 1.29 is 9.53 Å². The Bertz CT molecular complexity index is 614. The molecule has 2 aromatic carbocycles. The normalized spacial score (nSPS) is 11.8. The molecular weight excluding hydrogens is 309 g/mol. The lowest BCUT2D eigenvalue weighted by Crippen LogP contribution is -2.35. The van der Waals surface area contributed by atoms with Crippen LogP contribution in [-0.2, 0) is 11.3 Å². The standard InChI is InChI=1S/C16H15Cl2NO2/c1-11(21-14-8-6-13(17)7-9-14)16(20)19-10-12-4-2-3-5-15(12)18/h2-9,11H,10H2,1H3,(H,19,20). The minimum Gasteiger partial charge on any atom is -0.481 e. The van der Waals surface area contributed by atoms with Gasteiger partial charge in [0.25, 0.3) is 5.91 Å². The predicted molar refractivity (Wildman–Crippen MR) is 84.8 cm³/mol. The van der Waals surface area contributed by atoms with Gasteiger partial charge in [-0.1, -0.05) is 41.4 Å². The second-order valence-electron chi connectivity index (χ2n) is 4.52. The molecule has 1 amide bonds. The Kier molecular flexibility index (Phi) is 5.48. The summed E-state index contributed by atoms with van der Waals surface area (Å²) in [6.45, 7) is 2.06. The molecule has 0 saturated carbocycles. The highest BCUT2D eigenvalue weighted by molar-refractivity contribution is 6.31. The van der Waals surface area contributed by atoms with Gasteiger partial charge in [0.15, 0.2) is 6.10 Å². The van der Waals surface area contributed by atoms with Crippen LogP contribution in [0.1, 0.15) is 12.5 Å². The van der Waals surface area contributed by atoms with Gasteiger partial charge in [-0.25, -0.2) is 0 Å². The molecule has 1 atom stereocenters. The summed E-state index contributed by atoms with van der Waals surface area (Å²) >= 11 is 11.8. The third-order valence-electron chi connectivity index (χ3n) is 2.91. The average molecular weight is 324 g/mol. The van der Waals surface area contributed by atoms with Gasteiger partial charge in [-0.15, -0.1) is 0 Å². The highest BCUT2D eigenvalue weighted by Gasteiger charge is 2.14. The number of nitrogens with one attached hydrogen (secondary N) is 1. The highest BCUT2D eigenvalue weighted by atomic mass is 35.5.